The van der Waals surface area contributed by atoms with Gasteiger partial charge in [-0.05, 0) is 50.2 Å². The Kier molecular flexibility index (Phi) is 5.85. The first kappa shape index (κ1) is 16.5. The maximum Gasteiger partial charge on any atom is 0.188 e. The predicted molar refractivity (Wildman–Crippen MR) is 94.7 cm³/mol. The number of pyridine rings is 1. The Morgan fingerprint density at radius 1 is 1.29 bits per heavy atom. The van der Waals surface area contributed by atoms with Crippen LogP contribution in [0, 0.1) is 0 Å². The van der Waals surface area contributed by atoms with Crippen molar-refractivity contribution in [2.75, 3.05) is 26.2 Å². The Bertz CT molecular complexity index is 620. The highest BCUT2D eigenvalue weighted by Crippen LogP contribution is 2.25. The van der Waals surface area contributed by atoms with Gasteiger partial charge in [0.25, 0.3) is 0 Å². The highest BCUT2D eigenvalue weighted by molar-refractivity contribution is 5.77. The van der Waals surface area contributed by atoms with E-state index in [1.165, 1.54) is 12.8 Å². The molecule has 0 amide bonds. The van der Waals surface area contributed by atoms with Crippen LogP contribution in [0.5, 0.6) is 0 Å². The molecule has 0 radical (unpaired) electrons. The van der Waals surface area contributed by atoms with Crippen molar-refractivity contribution >= 4 is 5.96 Å². The van der Waals surface area contributed by atoms with Crippen LogP contribution in [0.2, 0.25) is 0 Å². The first-order chi connectivity index (χ1) is 11.8. The van der Waals surface area contributed by atoms with E-state index in [4.69, 9.17) is 10.2 Å². The van der Waals surface area contributed by atoms with E-state index in [0.717, 1.165) is 37.5 Å². The van der Waals surface area contributed by atoms with Crippen molar-refractivity contribution in [3.63, 3.8) is 0 Å². The third-order valence-corrected chi connectivity index (χ3v) is 4.30. The summed E-state index contributed by atoms with van der Waals surface area (Å²) < 4.78 is 5.60. The molecule has 0 spiro atoms. The average molecular weight is 327 g/mol. The minimum absolute atomic E-state index is 0.165. The van der Waals surface area contributed by atoms with Crippen LogP contribution >= 0.6 is 0 Å². The molecule has 0 saturated carbocycles. The van der Waals surface area contributed by atoms with Gasteiger partial charge in [0.15, 0.2) is 5.96 Å². The molecule has 1 fully saturated rings. The molecule has 1 saturated heterocycles. The van der Waals surface area contributed by atoms with Crippen molar-refractivity contribution in [3.8, 4) is 0 Å². The summed E-state index contributed by atoms with van der Waals surface area (Å²) in [4.78, 5) is 11.2. The predicted octanol–water partition coefficient (Wildman–Crippen LogP) is 1.96. The molecule has 3 N–H and O–H groups in total. The Labute approximate surface area is 142 Å². The van der Waals surface area contributed by atoms with Gasteiger partial charge >= 0.3 is 0 Å². The van der Waals surface area contributed by atoms with E-state index in [1.54, 1.807) is 12.5 Å². The lowest BCUT2D eigenvalue weighted by Gasteiger charge is -2.24. The third kappa shape index (κ3) is 4.58. The summed E-state index contributed by atoms with van der Waals surface area (Å²) in [6.07, 6.45) is 6.82. The summed E-state index contributed by atoms with van der Waals surface area (Å²) in [6.45, 7) is 3.51. The molecule has 0 bridgehead atoms. The van der Waals surface area contributed by atoms with Crippen molar-refractivity contribution in [3.05, 3.63) is 54.2 Å². The SMILES string of the molecule is NC(=NCC(c1ccco1)N1CCCC1)NCCc1ccccn1. The minimum atomic E-state index is 0.165. The smallest absolute Gasteiger partial charge is 0.188 e. The van der Waals surface area contributed by atoms with E-state index < -0.39 is 0 Å². The number of hydrogen-bond acceptors (Lipinski definition) is 4. The number of nitrogens with zero attached hydrogens (tertiary/aromatic N) is 3. The number of hydrogen-bond donors (Lipinski definition) is 2. The lowest BCUT2D eigenvalue weighted by molar-refractivity contribution is 0.221. The van der Waals surface area contributed by atoms with Gasteiger partial charge in [0.1, 0.15) is 5.76 Å². The number of guanidine groups is 1. The lowest BCUT2D eigenvalue weighted by atomic mass is 10.2. The number of nitrogens with one attached hydrogen (secondary N) is 1. The molecule has 0 aliphatic carbocycles. The van der Waals surface area contributed by atoms with Crippen LogP contribution in [0.3, 0.4) is 0 Å². The van der Waals surface area contributed by atoms with Crippen molar-refractivity contribution in [1.29, 1.82) is 0 Å². The van der Waals surface area contributed by atoms with E-state index in [9.17, 15) is 0 Å². The number of furan rings is 1. The summed E-state index contributed by atoms with van der Waals surface area (Å²) in [5.41, 5.74) is 7.05. The van der Waals surface area contributed by atoms with Gasteiger partial charge in [-0.25, -0.2) is 0 Å². The topological polar surface area (TPSA) is 79.7 Å². The van der Waals surface area contributed by atoms with E-state index in [-0.39, 0.29) is 6.04 Å². The molecular formula is C18H25N5O. The normalized spacial score (nSPS) is 17.1. The Morgan fingerprint density at radius 2 is 2.17 bits per heavy atom. The quantitative estimate of drug-likeness (QED) is 0.600. The molecule has 3 heterocycles. The van der Waals surface area contributed by atoms with E-state index in [1.807, 2.05) is 30.3 Å². The van der Waals surface area contributed by atoms with E-state index in [0.29, 0.717) is 12.5 Å². The van der Waals surface area contributed by atoms with Crippen molar-refractivity contribution < 1.29 is 4.42 Å². The summed E-state index contributed by atoms with van der Waals surface area (Å²) in [5, 5.41) is 3.16. The minimum Gasteiger partial charge on any atom is -0.468 e. The molecule has 2 aromatic heterocycles. The maximum atomic E-state index is 6.01. The lowest BCUT2D eigenvalue weighted by Crippen LogP contribution is -2.35. The van der Waals surface area contributed by atoms with Gasteiger partial charge in [-0.1, -0.05) is 6.07 Å². The zero-order valence-corrected chi connectivity index (χ0v) is 13.9. The number of nitrogens with two attached hydrogens (primary N) is 1. The largest absolute Gasteiger partial charge is 0.468 e. The van der Waals surface area contributed by atoms with Gasteiger partial charge in [0, 0.05) is 24.9 Å². The van der Waals surface area contributed by atoms with Crippen LogP contribution in [0.4, 0.5) is 0 Å². The van der Waals surface area contributed by atoms with Gasteiger partial charge in [-0.15, -0.1) is 0 Å². The van der Waals surface area contributed by atoms with Gasteiger partial charge in [-0.2, -0.15) is 0 Å². The first-order valence-corrected chi connectivity index (χ1v) is 8.54. The van der Waals surface area contributed by atoms with Crippen LogP contribution < -0.4 is 11.1 Å². The third-order valence-electron chi connectivity index (χ3n) is 4.30. The number of aliphatic imine (C=N–C) groups is 1. The van der Waals surface area contributed by atoms with E-state index >= 15 is 0 Å². The van der Waals surface area contributed by atoms with Gasteiger partial charge < -0.3 is 15.5 Å². The van der Waals surface area contributed by atoms with Crippen LogP contribution in [0.15, 0.2) is 52.2 Å². The van der Waals surface area contributed by atoms with Crippen molar-refractivity contribution in [2.45, 2.75) is 25.3 Å². The summed E-state index contributed by atoms with van der Waals surface area (Å²) in [6, 6.07) is 10.0. The zero-order chi connectivity index (χ0) is 16.6. The summed E-state index contributed by atoms with van der Waals surface area (Å²) in [5.74, 6) is 1.43. The fraction of sp³-hybridized carbons (Fsp3) is 0.444. The van der Waals surface area contributed by atoms with Crippen molar-refractivity contribution in [2.24, 2.45) is 10.7 Å². The summed E-state index contributed by atoms with van der Waals surface area (Å²) in [7, 11) is 0. The molecule has 1 aliphatic heterocycles. The number of likely N-dealkylation sites (tertiary alicyclic amines) is 1. The highest BCUT2D eigenvalue weighted by Gasteiger charge is 2.25. The Hall–Kier alpha value is -2.34. The molecule has 24 heavy (non-hydrogen) atoms. The zero-order valence-electron chi connectivity index (χ0n) is 13.9. The van der Waals surface area contributed by atoms with Crippen LogP contribution in [-0.4, -0.2) is 42.0 Å². The first-order valence-electron chi connectivity index (χ1n) is 8.54. The second-order valence-electron chi connectivity index (χ2n) is 6.00. The molecule has 1 atom stereocenters. The standard InChI is InChI=1S/C18H25N5O/c19-18(21-10-8-15-6-1-2-9-20-15)22-14-16(17-7-5-13-24-17)23-11-3-4-12-23/h1-2,5-7,9,13,16H,3-4,8,10-12,14H2,(H3,19,21,22). The molecule has 0 aromatic carbocycles. The molecule has 6 nitrogen and oxygen atoms in total. The van der Waals surface area contributed by atoms with E-state index in [2.05, 4.69) is 20.2 Å². The monoisotopic (exact) mass is 327 g/mol. The number of aromatic nitrogens is 1. The highest BCUT2D eigenvalue weighted by atomic mass is 16.3. The molecule has 3 rings (SSSR count). The van der Waals surface area contributed by atoms with Gasteiger partial charge in [0.05, 0.1) is 18.8 Å². The molecule has 1 aliphatic rings. The van der Waals surface area contributed by atoms with Crippen LogP contribution in [0.25, 0.3) is 0 Å². The summed E-state index contributed by atoms with van der Waals surface area (Å²) >= 11 is 0. The fourth-order valence-corrected chi connectivity index (χ4v) is 3.02. The molecule has 2 aromatic rings. The second kappa shape index (κ2) is 8.49. The average Bonchev–Trinajstić information content (AvgIpc) is 3.30. The fourth-order valence-electron chi connectivity index (χ4n) is 3.02. The van der Waals surface area contributed by atoms with Gasteiger partial charge in [-0.3, -0.25) is 14.9 Å². The Morgan fingerprint density at radius 3 is 2.88 bits per heavy atom. The van der Waals surface area contributed by atoms with Crippen molar-refractivity contribution in [1.82, 2.24) is 15.2 Å². The van der Waals surface area contributed by atoms with Gasteiger partial charge in [0.2, 0.25) is 0 Å². The molecular weight excluding hydrogens is 302 g/mol. The number of rotatable bonds is 7. The second-order valence-corrected chi connectivity index (χ2v) is 6.00. The molecule has 6 heteroatoms. The Balaban J connectivity index is 1.51. The molecule has 128 valence electrons. The maximum absolute atomic E-state index is 6.01. The molecule has 1 unspecified atom stereocenters. The van der Waals surface area contributed by atoms with Crippen LogP contribution in [0.1, 0.15) is 30.3 Å². The van der Waals surface area contributed by atoms with Crippen LogP contribution in [-0.2, 0) is 6.42 Å².